The predicted molar refractivity (Wildman–Crippen MR) is 50.1 cm³/mol. The number of nitrogens with zero attached hydrogens (tertiary/aromatic N) is 1. The van der Waals surface area contributed by atoms with E-state index in [2.05, 4.69) is 29.4 Å². The summed E-state index contributed by atoms with van der Waals surface area (Å²) in [6.07, 6.45) is 0. The number of benzene rings is 1. The molecule has 0 unspecified atom stereocenters. The van der Waals surface area contributed by atoms with Gasteiger partial charge in [0, 0.05) is 5.69 Å². The third-order valence-electron chi connectivity index (χ3n) is 2.03. The van der Waals surface area contributed by atoms with Crippen molar-refractivity contribution in [2.75, 3.05) is 5.32 Å². The van der Waals surface area contributed by atoms with Gasteiger partial charge in [-0.05, 0) is 18.1 Å². The number of fused-ring (bicyclic) bond motifs is 1. The second-order valence-electron chi connectivity index (χ2n) is 2.94. The predicted octanol–water partition coefficient (Wildman–Crippen LogP) is 1.24. The lowest BCUT2D eigenvalue weighted by Crippen LogP contribution is -2.26. The maximum absolute atomic E-state index is 5.56. The Balaban J connectivity index is 2.49. The van der Waals surface area contributed by atoms with E-state index in [4.69, 9.17) is 5.73 Å². The molecule has 0 aromatic heterocycles. The Morgan fingerprint density at radius 3 is 3.17 bits per heavy atom. The van der Waals surface area contributed by atoms with Crippen LogP contribution in [0.3, 0.4) is 0 Å². The molecule has 0 amide bonds. The molecule has 1 aliphatic rings. The Morgan fingerprint density at radius 1 is 1.50 bits per heavy atom. The number of hydrogen-bond acceptors (Lipinski definition) is 3. The molecule has 0 aliphatic carbocycles. The molecule has 0 bridgehead atoms. The zero-order chi connectivity index (χ0) is 8.55. The number of nitrogens with two attached hydrogens (primary N) is 1. The first-order valence-corrected chi connectivity index (χ1v) is 3.93. The Bertz CT molecular complexity index is 342. The summed E-state index contributed by atoms with van der Waals surface area (Å²) in [6.45, 7) is 2.75. The average Bonchev–Trinajstić information content (AvgIpc) is 2.07. The van der Waals surface area contributed by atoms with Crippen molar-refractivity contribution in [1.29, 1.82) is 0 Å². The number of guanidine groups is 1. The van der Waals surface area contributed by atoms with Gasteiger partial charge in [-0.1, -0.05) is 18.2 Å². The molecule has 62 valence electrons. The highest BCUT2D eigenvalue weighted by Gasteiger charge is 2.09. The van der Waals surface area contributed by atoms with Gasteiger partial charge in [-0.15, -0.1) is 0 Å². The lowest BCUT2D eigenvalue weighted by atomic mass is 10.1. The Morgan fingerprint density at radius 2 is 2.33 bits per heavy atom. The maximum atomic E-state index is 5.56. The minimum absolute atomic E-state index is 0.511. The molecule has 0 saturated carbocycles. The summed E-state index contributed by atoms with van der Waals surface area (Å²) in [6, 6.07) is 6.16. The van der Waals surface area contributed by atoms with Crippen LogP contribution in [0.5, 0.6) is 0 Å². The van der Waals surface area contributed by atoms with E-state index < -0.39 is 0 Å². The molecular formula is C9H11N3. The van der Waals surface area contributed by atoms with E-state index in [1.165, 1.54) is 11.1 Å². The molecule has 0 radical (unpaired) electrons. The fraction of sp³-hybridized carbons (Fsp3) is 0.222. The summed E-state index contributed by atoms with van der Waals surface area (Å²) in [5.41, 5.74) is 9.10. The van der Waals surface area contributed by atoms with Gasteiger partial charge in [-0.3, -0.25) is 0 Å². The summed E-state index contributed by atoms with van der Waals surface area (Å²) in [4.78, 5) is 4.10. The lowest BCUT2D eigenvalue weighted by Gasteiger charge is -2.17. The molecule has 3 heteroatoms. The Hall–Kier alpha value is -1.51. The molecule has 0 saturated heterocycles. The molecule has 0 fully saturated rings. The van der Waals surface area contributed by atoms with E-state index in [0.717, 1.165) is 5.69 Å². The molecule has 12 heavy (non-hydrogen) atoms. The summed E-state index contributed by atoms with van der Waals surface area (Å²) in [5, 5.41) is 3.06. The first-order chi connectivity index (χ1) is 5.77. The van der Waals surface area contributed by atoms with Crippen LogP contribution in [0.2, 0.25) is 0 Å². The van der Waals surface area contributed by atoms with Crippen LogP contribution in [0.1, 0.15) is 11.1 Å². The molecule has 0 spiro atoms. The van der Waals surface area contributed by atoms with Crippen LogP contribution in [-0.2, 0) is 6.54 Å². The van der Waals surface area contributed by atoms with Crippen molar-refractivity contribution in [3.05, 3.63) is 29.3 Å². The maximum Gasteiger partial charge on any atom is 0.193 e. The summed E-state index contributed by atoms with van der Waals surface area (Å²) >= 11 is 0. The number of anilines is 1. The van der Waals surface area contributed by atoms with Crippen LogP contribution in [0.4, 0.5) is 5.69 Å². The molecule has 1 aliphatic heterocycles. The average molecular weight is 161 g/mol. The highest BCUT2D eigenvalue weighted by atomic mass is 15.1. The number of rotatable bonds is 0. The topological polar surface area (TPSA) is 50.4 Å². The second kappa shape index (κ2) is 2.52. The van der Waals surface area contributed by atoms with Gasteiger partial charge in [0.2, 0.25) is 0 Å². The van der Waals surface area contributed by atoms with Crippen molar-refractivity contribution >= 4 is 11.6 Å². The van der Waals surface area contributed by atoms with E-state index in [1.54, 1.807) is 0 Å². The van der Waals surface area contributed by atoms with E-state index in [9.17, 15) is 0 Å². The zero-order valence-corrected chi connectivity index (χ0v) is 6.96. The minimum Gasteiger partial charge on any atom is -0.370 e. The van der Waals surface area contributed by atoms with Gasteiger partial charge < -0.3 is 11.1 Å². The number of aryl methyl sites for hydroxylation is 1. The van der Waals surface area contributed by atoms with E-state index >= 15 is 0 Å². The van der Waals surface area contributed by atoms with Crippen LogP contribution in [-0.4, -0.2) is 5.96 Å². The first kappa shape index (κ1) is 7.16. The van der Waals surface area contributed by atoms with Crippen LogP contribution < -0.4 is 11.1 Å². The molecule has 1 heterocycles. The summed E-state index contributed by atoms with van der Waals surface area (Å²) in [7, 11) is 0. The van der Waals surface area contributed by atoms with Gasteiger partial charge in [-0.25, -0.2) is 4.99 Å². The summed E-state index contributed by atoms with van der Waals surface area (Å²) in [5.74, 6) is 0.511. The fourth-order valence-electron chi connectivity index (χ4n) is 1.38. The molecule has 1 aromatic carbocycles. The molecule has 3 N–H and O–H groups in total. The largest absolute Gasteiger partial charge is 0.370 e. The van der Waals surface area contributed by atoms with Crippen LogP contribution in [0.15, 0.2) is 23.2 Å². The standard InChI is InChI=1S/C9H11N3/c1-6-3-2-4-7-5-11-9(10)12-8(6)7/h2-4H,5H2,1H3,(H3,10,11,12). The number of para-hydroxylation sites is 1. The van der Waals surface area contributed by atoms with Crippen molar-refractivity contribution in [2.24, 2.45) is 10.7 Å². The van der Waals surface area contributed by atoms with Crippen molar-refractivity contribution in [1.82, 2.24) is 0 Å². The van der Waals surface area contributed by atoms with E-state index in [-0.39, 0.29) is 0 Å². The third kappa shape index (κ3) is 1.03. The van der Waals surface area contributed by atoms with Crippen molar-refractivity contribution in [3.8, 4) is 0 Å². The van der Waals surface area contributed by atoms with Crippen LogP contribution >= 0.6 is 0 Å². The second-order valence-corrected chi connectivity index (χ2v) is 2.94. The van der Waals surface area contributed by atoms with Crippen molar-refractivity contribution in [2.45, 2.75) is 13.5 Å². The van der Waals surface area contributed by atoms with Crippen molar-refractivity contribution < 1.29 is 0 Å². The van der Waals surface area contributed by atoms with Crippen LogP contribution in [0.25, 0.3) is 0 Å². The van der Waals surface area contributed by atoms with Gasteiger partial charge in [0.25, 0.3) is 0 Å². The monoisotopic (exact) mass is 161 g/mol. The Labute approximate surface area is 71.3 Å². The molecule has 0 atom stereocenters. The smallest absolute Gasteiger partial charge is 0.193 e. The molecule has 2 rings (SSSR count). The molecular weight excluding hydrogens is 150 g/mol. The number of hydrogen-bond donors (Lipinski definition) is 2. The number of nitrogens with one attached hydrogen (secondary N) is 1. The van der Waals surface area contributed by atoms with Crippen molar-refractivity contribution in [3.63, 3.8) is 0 Å². The minimum atomic E-state index is 0.511. The zero-order valence-electron chi connectivity index (χ0n) is 6.96. The lowest BCUT2D eigenvalue weighted by molar-refractivity contribution is 1.03. The summed E-state index contributed by atoms with van der Waals surface area (Å²) < 4.78 is 0. The highest BCUT2D eigenvalue weighted by molar-refractivity contribution is 5.95. The van der Waals surface area contributed by atoms with Gasteiger partial charge >= 0.3 is 0 Å². The van der Waals surface area contributed by atoms with Gasteiger partial charge in [0.1, 0.15) is 0 Å². The molecule has 3 nitrogen and oxygen atoms in total. The van der Waals surface area contributed by atoms with Gasteiger partial charge in [-0.2, -0.15) is 0 Å². The van der Waals surface area contributed by atoms with Crippen LogP contribution in [0, 0.1) is 6.92 Å². The van der Waals surface area contributed by atoms with Gasteiger partial charge in [0.15, 0.2) is 5.96 Å². The third-order valence-corrected chi connectivity index (χ3v) is 2.03. The highest BCUT2D eigenvalue weighted by Crippen LogP contribution is 2.23. The van der Waals surface area contributed by atoms with E-state index in [0.29, 0.717) is 12.5 Å². The fourth-order valence-corrected chi connectivity index (χ4v) is 1.38. The Kier molecular flexibility index (Phi) is 1.50. The number of aliphatic imine (C=N–C) groups is 1. The normalized spacial score (nSPS) is 14.6. The SMILES string of the molecule is Cc1cccc2c1NC(N)=NC2. The molecule has 1 aromatic rings. The van der Waals surface area contributed by atoms with Gasteiger partial charge in [0.05, 0.1) is 6.54 Å². The first-order valence-electron chi connectivity index (χ1n) is 3.93. The quantitative estimate of drug-likeness (QED) is 0.601. The van der Waals surface area contributed by atoms with E-state index in [1.807, 2.05) is 6.07 Å².